The molecular weight excluding hydrogens is 434 g/mol. The molecular formula is C22H17N3O4S2. The average molecular weight is 452 g/mol. The summed E-state index contributed by atoms with van der Waals surface area (Å²) in [5, 5.41) is 12.7. The molecule has 0 radical (unpaired) electrons. The molecule has 31 heavy (non-hydrogen) atoms. The third-order valence-corrected chi connectivity index (χ3v) is 6.60. The minimum Gasteiger partial charge on any atom is -0.318 e. The predicted molar refractivity (Wildman–Crippen MR) is 122 cm³/mol. The summed E-state index contributed by atoms with van der Waals surface area (Å²) in [5.74, 6) is -0.368. The highest BCUT2D eigenvalue weighted by molar-refractivity contribution is 8.18. The highest BCUT2D eigenvalue weighted by Gasteiger charge is 2.25. The number of hydrogen-bond donors (Lipinski definition) is 1. The van der Waals surface area contributed by atoms with Crippen molar-refractivity contribution in [2.45, 2.75) is 23.6 Å². The first-order valence-corrected chi connectivity index (χ1v) is 10.9. The molecule has 0 atom stereocenters. The van der Waals surface area contributed by atoms with E-state index in [9.17, 15) is 19.7 Å². The van der Waals surface area contributed by atoms with E-state index in [2.05, 4.69) is 9.88 Å². The molecule has 3 aromatic rings. The Labute approximate surface area is 186 Å². The summed E-state index contributed by atoms with van der Waals surface area (Å²) in [6.07, 6.45) is 1.74. The molecule has 2 aromatic carbocycles. The van der Waals surface area contributed by atoms with E-state index in [1.165, 1.54) is 23.9 Å². The van der Waals surface area contributed by atoms with Gasteiger partial charge in [-0.25, -0.2) is 0 Å². The number of aromatic nitrogens is 1. The minimum atomic E-state index is -0.412. The fourth-order valence-corrected chi connectivity index (χ4v) is 4.82. The van der Waals surface area contributed by atoms with Gasteiger partial charge in [0.25, 0.3) is 16.8 Å². The van der Waals surface area contributed by atoms with E-state index >= 15 is 0 Å². The fraction of sp³-hybridized carbons (Fsp3) is 0.0909. The lowest BCUT2D eigenvalue weighted by Crippen LogP contribution is -2.17. The number of non-ortho nitro benzene ring substituents is 1. The molecule has 9 heteroatoms. The van der Waals surface area contributed by atoms with Gasteiger partial charge in [0.2, 0.25) is 0 Å². The molecule has 1 saturated heterocycles. The van der Waals surface area contributed by atoms with E-state index < -0.39 is 4.92 Å². The Balaban J connectivity index is 1.56. The summed E-state index contributed by atoms with van der Waals surface area (Å²) >= 11 is 2.43. The van der Waals surface area contributed by atoms with Gasteiger partial charge < -0.3 is 4.57 Å². The number of amides is 2. The number of carbonyl (C=O) groups is 2. The van der Waals surface area contributed by atoms with Gasteiger partial charge in [-0.15, -0.1) is 0 Å². The maximum Gasteiger partial charge on any atom is 0.290 e. The van der Waals surface area contributed by atoms with Gasteiger partial charge in [0, 0.05) is 39.0 Å². The molecule has 0 aliphatic carbocycles. The van der Waals surface area contributed by atoms with Crippen molar-refractivity contribution in [3.8, 4) is 5.69 Å². The molecule has 1 aliphatic heterocycles. The Kier molecular flexibility index (Phi) is 5.71. The van der Waals surface area contributed by atoms with Crippen molar-refractivity contribution in [1.82, 2.24) is 9.88 Å². The molecule has 1 aliphatic rings. The van der Waals surface area contributed by atoms with Crippen molar-refractivity contribution in [3.63, 3.8) is 0 Å². The summed E-state index contributed by atoms with van der Waals surface area (Å²) in [4.78, 5) is 35.9. The van der Waals surface area contributed by atoms with Crippen molar-refractivity contribution in [3.05, 3.63) is 86.6 Å². The van der Waals surface area contributed by atoms with E-state index in [1.54, 1.807) is 18.2 Å². The number of imide groups is 1. The number of nitrogens with one attached hydrogen (secondary N) is 1. The van der Waals surface area contributed by atoms with Crippen molar-refractivity contribution in [2.24, 2.45) is 0 Å². The molecule has 7 nitrogen and oxygen atoms in total. The van der Waals surface area contributed by atoms with E-state index in [0.29, 0.717) is 4.91 Å². The quantitative estimate of drug-likeness (QED) is 0.314. The Hall–Kier alpha value is -3.30. The normalized spacial score (nSPS) is 14.8. The first kappa shape index (κ1) is 21.0. The predicted octanol–water partition coefficient (Wildman–Crippen LogP) is 5.48. The lowest BCUT2D eigenvalue weighted by Gasteiger charge is -2.11. The second kappa shape index (κ2) is 8.44. The van der Waals surface area contributed by atoms with Gasteiger partial charge in [0.05, 0.1) is 9.83 Å². The van der Waals surface area contributed by atoms with Crippen LogP contribution in [-0.2, 0) is 4.79 Å². The Morgan fingerprint density at radius 2 is 1.65 bits per heavy atom. The van der Waals surface area contributed by atoms with Crippen molar-refractivity contribution in [1.29, 1.82) is 0 Å². The molecule has 1 aromatic heterocycles. The number of nitro benzene ring substituents is 1. The second-order valence-electron chi connectivity index (χ2n) is 6.86. The Morgan fingerprint density at radius 3 is 2.19 bits per heavy atom. The van der Waals surface area contributed by atoms with Crippen LogP contribution in [0.1, 0.15) is 17.0 Å². The van der Waals surface area contributed by atoms with Gasteiger partial charge in [0.15, 0.2) is 0 Å². The average Bonchev–Trinajstić information content (AvgIpc) is 3.20. The van der Waals surface area contributed by atoms with E-state index in [0.717, 1.165) is 44.2 Å². The topological polar surface area (TPSA) is 94.2 Å². The van der Waals surface area contributed by atoms with Crippen molar-refractivity contribution < 1.29 is 14.5 Å². The van der Waals surface area contributed by atoms with Crippen LogP contribution in [0.15, 0.2) is 69.3 Å². The summed E-state index contributed by atoms with van der Waals surface area (Å²) < 4.78 is 2.09. The van der Waals surface area contributed by atoms with Gasteiger partial charge >= 0.3 is 0 Å². The smallest absolute Gasteiger partial charge is 0.290 e. The number of benzene rings is 2. The summed E-state index contributed by atoms with van der Waals surface area (Å²) in [6.45, 7) is 3.96. The zero-order valence-corrected chi connectivity index (χ0v) is 18.3. The first-order chi connectivity index (χ1) is 14.8. The molecule has 1 fully saturated rings. The zero-order chi connectivity index (χ0) is 22.1. The Bertz CT molecular complexity index is 1230. The standard InChI is InChI=1S/C22H17N3O4S2/c1-13-11-15(12-20-21(26)23-22(27)31-20)14(2)24(13)16-3-7-18(8-4-16)30-19-9-5-17(6-10-19)25(28)29/h3-12H,1-2H3,(H,23,26,27). The first-order valence-electron chi connectivity index (χ1n) is 9.28. The number of nitrogens with zero attached hydrogens (tertiary/aromatic N) is 2. The largest absolute Gasteiger partial charge is 0.318 e. The number of rotatable bonds is 5. The third-order valence-electron chi connectivity index (χ3n) is 4.78. The monoisotopic (exact) mass is 451 g/mol. The third kappa shape index (κ3) is 4.42. The summed E-state index contributed by atoms with van der Waals surface area (Å²) in [7, 11) is 0. The van der Waals surface area contributed by atoms with Crippen LogP contribution in [0.3, 0.4) is 0 Å². The molecule has 156 valence electrons. The Morgan fingerprint density at radius 1 is 1.03 bits per heavy atom. The van der Waals surface area contributed by atoms with E-state index in [4.69, 9.17) is 0 Å². The van der Waals surface area contributed by atoms with Crippen LogP contribution in [0.25, 0.3) is 11.8 Å². The van der Waals surface area contributed by atoms with Gasteiger partial charge in [-0.1, -0.05) is 11.8 Å². The molecule has 0 saturated carbocycles. The maximum atomic E-state index is 11.8. The SMILES string of the molecule is Cc1cc(C=C2SC(=O)NC2=O)c(C)n1-c1ccc(Sc2ccc([N+](=O)[O-])cc2)cc1. The zero-order valence-electron chi connectivity index (χ0n) is 16.6. The molecule has 0 spiro atoms. The van der Waals surface area contributed by atoms with Crippen LogP contribution >= 0.6 is 23.5 Å². The van der Waals surface area contributed by atoms with Gasteiger partial charge in [-0.2, -0.15) is 0 Å². The number of nitro groups is 1. The number of aryl methyl sites for hydroxylation is 1. The van der Waals surface area contributed by atoms with E-state index in [-0.39, 0.29) is 16.8 Å². The van der Waals surface area contributed by atoms with Crippen LogP contribution in [-0.4, -0.2) is 20.6 Å². The lowest BCUT2D eigenvalue weighted by atomic mass is 10.2. The van der Waals surface area contributed by atoms with Gasteiger partial charge in [-0.3, -0.25) is 25.0 Å². The molecule has 0 unspecified atom stereocenters. The van der Waals surface area contributed by atoms with E-state index in [1.807, 2.05) is 44.2 Å². The molecule has 1 N–H and O–H groups in total. The van der Waals surface area contributed by atoms with Crippen LogP contribution in [0.5, 0.6) is 0 Å². The highest BCUT2D eigenvalue weighted by Crippen LogP contribution is 2.32. The summed E-state index contributed by atoms with van der Waals surface area (Å²) in [5.41, 5.74) is 3.91. The molecule has 0 bridgehead atoms. The fourth-order valence-electron chi connectivity index (χ4n) is 3.33. The number of thioether (sulfide) groups is 1. The van der Waals surface area contributed by atoms with Crippen LogP contribution in [0.4, 0.5) is 10.5 Å². The lowest BCUT2D eigenvalue weighted by molar-refractivity contribution is -0.384. The highest BCUT2D eigenvalue weighted by atomic mass is 32.2. The minimum absolute atomic E-state index is 0.0712. The molecule has 2 amide bonds. The van der Waals surface area contributed by atoms with Crippen molar-refractivity contribution in [2.75, 3.05) is 0 Å². The van der Waals surface area contributed by atoms with Gasteiger partial charge in [0.1, 0.15) is 0 Å². The second-order valence-corrected chi connectivity index (χ2v) is 9.02. The van der Waals surface area contributed by atoms with Crippen LogP contribution < -0.4 is 5.32 Å². The molecule has 4 rings (SSSR count). The summed E-state index contributed by atoms with van der Waals surface area (Å²) in [6, 6.07) is 16.5. The van der Waals surface area contributed by atoms with Gasteiger partial charge in [-0.05, 0) is 79.7 Å². The number of hydrogen-bond acceptors (Lipinski definition) is 6. The molecule has 2 heterocycles. The maximum absolute atomic E-state index is 11.8. The van der Waals surface area contributed by atoms with Crippen LogP contribution in [0.2, 0.25) is 0 Å². The number of carbonyl (C=O) groups excluding carboxylic acids is 2. The van der Waals surface area contributed by atoms with Crippen LogP contribution in [0, 0.1) is 24.0 Å². The van der Waals surface area contributed by atoms with Crippen molar-refractivity contribution >= 4 is 46.4 Å².